The molecule has 0 aliphatic carbocycles. The Kier molecular flexibility index (Phi) is 10.7. The number of rotatable bonds is 13. The lowest BCUT2D eigenvalue weighted by atomic mass is 10.1. The predicted octanol–water partition coefficient (Wildman–Crippen LogP) is 4.73. The zero-order chi connectivity index (χ0) is 15.3. The molecule has 1 atom stereocenters. The highest BCUT2D eigenvalue weighted by Crippen LogP contribution is 2.21. The molecule has 1 aliphatic heterocycles. The lowest BCUT2D eigenvalue weighted by Gasteiger charge is -2.05. The molecule has 21 heavy (non-hydrogen) atoms. The molecule has 1 heterocycles. The third-order valence-corrected chi connectivity index (χ3v) is 5.14. The number of carbonyl (C=O) groups is 2. The van der Waals surface area contributed by atoms with Crippen molar-refractivity contribution in [1.82, 2.24) is 0 Å². The van der Waals surface area contributed by atoms with Crippen molar-refractivity contribution >= 4 is 23.7 Å². The van der Waals surface area contributed by atoms with Crippen LogP contribution >= 0.6 is 11.8 Å². The molecule has 0 aromatic carbocycles. The van der Waals surface area contributed by atoms with Crippen LogP contribution in [0.3, 0.4) is 0 Å². The van der Waals surface area contributed by atoms with Crippen molar-refractivity contribution in [2.45, 2.75) is 77.6 Å². The second-order valence-electron chi connectivity index (χ2n) is 5.95. The lowest BCUT2D eigenvalue weighted by molar-refractivity contribution is -0.152. The first-order valence-electron chi connectivity index (χ1n) is 8.56. The fourth-order valence-electron chi connectivity index (χ4n) is 2.57. The van der Waals surface area contributed by atoms with E-state index in [1.807, 2.05) is 0 Å². The van der Waals surface area contributed by atoms with Crippen molar-refractivity contribution in [2.24, 2.45) is 5.92 Å². The Hall–Kier alpha value is -0.510. The summed E-state index contributed by atoms with van der Waals surface area (Å²) in [6.45, 7) is 2.26. The number of thioether (sulfide) groups is 1. The Morgan fingerprint density at radius 2 is 1.52 bits per heavy atom. The summed E-state index contributed by atoms with van der Waals surface area (Å²) in [6.07, 6.45) is 13.8. The Bertz CT molecular complexity index is 304. The fraction of sp³-hybridized carbons (Fsp3) is 0.882. The van der Waals surface area contributed by atoms with Crippen LogP contribution in [0.4, 0.5) is 0 Å². The average Bonchev–Trinajstić information content (AvgIpc) is 2.78. The maximum absolute atomic E-state index is 11.3. The van der Waals surface area contributed by atoms with Gasteiger partial charge in [0, 0.05) is 5.75 Å². The molecule has 1 saturated heterocycles. The smallest absolute Gasteiger partial charge is 0.318 e. The van der Waals surface area contributed by atoms with E-state index in [0.29, 0.717) is 0 Å². The molecule has 0 aromatic rings. The topological polar surface area (TPSA) is 43.4 Å². The van der Waals surface area contributed by atoms with Crippen molar-refractivity contribution < 1.29 is 14.3 Å². The summed E-state index contributed by atoms with van der Waals surface area (Å²) in [7, 11) is 0. The Balaban J connectivity index is 1.79. The maximum Gasteiger partial charge on any atom is 0.318 e. The minimum Gasteiger partial charge on any atom is -0.393 e. The van der Waals surface area contributed by atoms with Gasteiger partial charge in [-0.1, -0.05) is 64.7 Å². The van der Waals surface area contributed by atoms with E-state index in [0.717, 1.165) is 11.5 Å². The molecule has 0 radical (unpaired) electrons. The molecule has 0 amide bonds. The second kappa shape index (κ2) is 12.1. The summed E-state index contributed by atoms with van der Waals surface area (Å²) in [5, 5.41) is 0. The monoisotopic (exact) mass is 314 g/mol. The molecule has 0 spiro atoms. The van der Waals surface area contributed by atoms with E-state index in [4.69, 9.17) is 0 Å². The molecular formula is C17H30O3S. The largest absolute Gasteiger partial charge is 0.393 e. The van der Waals surface area contributed by atoms with Gasteiger partial charge in [0.15, 0.2) is 0 Å². The number of esters is 2. The number of hydrogen-bond donors (Lipinski definition) is 0. The van der Waals surface area contributed by atoms with Gasteiger partial charge < -0.3 is 4.74 Å². The van der Waals surface area contributed by atoms with Crippen molar-refractivity contribution in [1.29, 1.82) is 0 Å². The van der Waals surface area contributed by atoms with E-state index >= 15 is 0 Å². The molecule has 4 heteroatoms. The SMILES string of the molecule is CCCCCCCCCCCCSCC1CC(=O)OC1=O. The first-order chi connectivity index (χ1) is 10.2. The minimum absolute atomic E-state index is 0.189. The third-order valence-electron chi connectivity index (χ3n) is 3.92. The van der Waals surface area contributed by atoms with Gasteiger partial charge >= 0.3 is 11.9 Å². The molecule has 0 aromatic heterocycles. The van der Waals surface area contributed by atoms with Gasteiger partial charge in [-0.3, -0.25) is 9.59 Å². The number of ether oxygens (including phenoxy) is 1. The van der Waals surface area contributed by atoms with E-state index in [2.05, 4.69) is 11.7 Å². The highest BCUT2D eigenvalue weighted by Gasteiger charge is 2.32. The van der Waals surface area contributed by atoms with Crippen LogP contribution in [0, 0.1) is 5.92 Å². The molecule has 1 rings (SSSR count). The molecule has 3 nitrogen and oxygen atoms in total. The van der Waals surface area contributed by atoms with Gasteiger partial charge in [0.2, 0.25) is 0 Å². The summed E-state index contributed by atoms with van der Waals surface area (Å²) in [5.74, 6) is 0.960. The van der Waals surface area contributed by atoms with E-state index in [1.54, 1.807) is 11.8 Å². The summed E-state index contributed by atoms with van der Waals surface area (Å²) < 4.78 is 4.54. The van der Waals surface area contributed by atoms with Crippen molar-refractivity contribution in [3.63, 3.8) is 0 Å². The van der Waals surface area contributed by atoms with Crippen LogP contribution in [0.2, 0.25) is 0 Å². The molecule has 1 aliphatic rings. The minimum atomic E-state index is -0.357. The summed E-state index contributed by atoms with van der Waals surface area (Å²) in [4.78, 5) is 22.2. The molecule has 0 saturated carbocycles. The van der Waals surface area contributed by atoms with Crippen molar-refractivity contribution in [3.05, 3.63) is 0 Å². The number of unbranched alkanes of at least 4 members (excludes halogenated alkanes) is 9. The van der Waals surface area contributed by atoms with Crippen LogP contribution in [0.15, 0.2) is 0 Å². The van der Waals surface area contributed by atoms with Gasteiger partial charge in [0.05, 0.1) is 12.3 Å². The number of carbonyl (C=O) groups excluding carboxylic acids is 2. The van der Waals surface area contributed by atoms with Gasteiger partial charge in [0.1, 0.15) is 0 Å². The molecule has 1 fully saturated rings. The second-order valence-corrected chi connectivity index (χ2v) is 7.10. The first kappa shape index (κ1) is 18.5. The van der Waals surface area contributed by atoms with Crippen LogP contribution in [0.5, 0.6) is 0 Å². The molecule has 122 valence electrons. The van der Waals surface area contributed by atoms with Gasteiger partial charge in [-0.05, 0) is 12.2 Å². The average molecular weight is 314 g/mol. The van der Waals surface area contributed by atoms with Gasteiger partial charge in [-0.15, -0.1) is 0 Å². The standard InChI is InChI=1S/C17H30O3S/c1-2-3-4-5-6-7-8-9-10-11-12-21-14-15-13-16(18)20-17(15)19/h15H,2-14H2,1H3. The molecule has 0 N–H and O–H groups in total. The highest BCUT2D eigenvalue weighted by atomic mass is 32.2. The number of cyclic esters (lactones) is 2. The first-order valence-corrected chi connectivity index (χ1v) is 9.71. The zero-order valence-corrected chi connectivity index (χ0v) is 14.2. The molecular weight excluding hydrogens is 284 g/mol. The fourth-order valence-corrected chi connectivity index (χ4v) is 3.68. The highest BCUT2D eigenvalue weighted by molar-refractivity contribution is 7.99. The van der Waals surface area contributed by atoms with Crippen LogP contribution in [0.25, 0.3) is 0 Å². The van der Waals surface area contributed by atoms with Crippen LogP contribution in [-0.2, 0) is 14.3 Å². The molecule has 0 bridgehead atoms. The van der Waals surface area contributed by atoms with Gasteiger partial charge in [-0.2, -0.15) is 11.8 Å². The maximum atomic E-state index is 11.3. The van der Waals surface area contributed by atoms with Gasteiger partial charge in [-0.25, -0.2) is 0 Å². The van der Waals surface area contributed by atoms with Crippen LogP contribution in [0.1, 0.15) is 77.6 Å². The Labute approximate surface area is 133 Å². The third kappa shape index (κ3) is 9.18. The molecule has 1 unspecified atom stereocenters. The Morgan fingerprint density at radius 1 is 0.952 bits per heavy atom. The predicted molar refractivity (Wildman–Crippen MR) is 88.4 cm³/mol. The normalized spacial score (nSPS) is 18.2. The van der Waals surface area contributed by atoms with Crippen molar-refractivity contribution in [2.75, 3.05) is 11.5 Å². The lowest BCUT2D eigenvalue weighted by Crippen LogP contribution is -2.10. The zero-order valence-electron chi connectivity index (χ0n) is 13.4. The van der Waals surface area contributed by atoms with Crippen molar-refractivity contribution in [3.8, 4) is 0 Å². The summed E-state index contributed by atoms with van der Waals surface area (Å²) >= 11 is 1.78. The van der Waals surface area contributed by atoms with E-state index < -0.39 is 0 Å². The van der Waals surface area contributed by atoms with Gasteiger partial charge in [0.25, 0.3) is 0 Å². The van der Waals surface area contributed by atoms with Crippen LogP contribution < -0.4 is 0 Å². The van der Waals surface area contributed by atoms with Crippen LogP contribution in [-0.4, -0.2) is 23.4 Å². The quantitative estimate of drug-likeness (QED) is 0.280. The summed E-state index contributed by atoms with van der Waals surface area (Å²) in [6, 6.07) is 0. The van der Waals surface area contributed by atoms with E-state index in [9.17, 15) is 9.59 Å². The van der Waals surface area contributed by atoms with E-state index in [1.165, 1.54) is 64.2 Å². The van der Waals surface area contributed by atoms with E-state index in [-0.39, 0.29) is 24.3 Å². The number of hydrogen-bond acceptors (Lipinski definition) is 4. The summed E-state index contributed by atoms with van der Waals surface area (Å²) in [5.41, 5.74) is 0. The Morgan fingerprint density at radius 3 is 2.05 bits per heavy atom.